The van der Waals surface area contributed by atoms with Crippen molar-refractivity contribution in [2.45, 2.75) is 13.8 Å². The highest BCUT2D eigenvalue weighted by atomic mass is 35.5. The van der Waals surface area contributed by atoms with E-state index in [0.717, 1.165) is 11.3 Å². The fourth-order valence-electron chi connectivity index (χ4n) is 0.389. The Labute approximate surface area is 72.4 Å². The molecule has 0 heterocycles. The van der Waals surface area contributed by atoms with Gasteiger partial charge in [-0.25, -0.2) is 0 Å². The van der Waals surface area contributed by atoms with Crippen molar-refractivity contribution in [1.82, 2.24) is 5.43 Å². The predicted octanol–water partition coefficient (Wildman–Crippen LogP) is 2.05. The SMILES string of the molecule is C=C(C)/C(Cl)=C\C=C(/C)NN. The van der Waals surface area contributed by atoms with Crippen LogP contribution in [0.3, 0.4) is 0 Å². The monoisotopic (exact) mass is 172 g/mol. The van der Waals surface area contributed by atoms with E-state index in [1.807, 2.05) is 13.8 Å². The minimum atomic E-state index is 0.639. The first-order chi connectivity index (χ1) is 5.07. The molecule has 11 heavy (non-hydrogen) atoms. The highest BCUT2D eigenvalue weighted by Gasteiger charge is 1.88. The smallest absolute Gasteiger partial charge is 0.0429 e. The highest BCUT2D eigenvalue weighted by molar-refractivity contribution is 6.31. The van der Waals surface area contributed by atoms with E-state index in [1.54, 1.807) is 12.2 Å². The Morgan fingerprint density at radius 2 is 2.00 bits per heavy atom. The number of halogens is 1. The van der Waals surface area contributed by atoms with Crippen LogP contribution >= 0.6 is 11.6 Å². The van der Waals surface area contributed by atoms with Crippen LogP contribution < -0.4 is 11.3 Å². The van der Waals surface area contributed by atoms with E-state index in [2.05, 4.69) is 12.0 Å². The average molecular weight is 173 g/mol. The molecule has 62 valence electrons. The van der Waals surface area contributed by atoms with E-state index in [0.29, 0.717) is 5.03 Å². The van der Waals surface area contributed by atoms with Crippen LogP contribution in [0.5, 0.6) is 0 Å². The zero-order valence-electron chi connectivity index (χ0n) is 6.82. The summed E-state index contributed by atoms with van der Waals surface area (Å²) in [6.45, 7) is 7.37. The zero-order valence-corrected chi connectivity index (χ0v) is 7.57. The summed E-state index contributed by atoms with van der Waals surface area (Å²) in [7, 11) is 0. The van der Waals surface area contributed by atoms with Gasteiger partial charge in [0, 0.05) is 10.7 Å². The van der Waals surface area contributed by atoms with Crippen LogP contribution in [0, 0.1) is 0 Å². The summed E-state index contributed by atoms with van der Waals surface area (Å²) in [5.74, 6) is 5.12. The largest absolute Gasteiger partial charge is 0.329 e. The molecule has 0 aromatic rings. The molecule has 0 spiro atoms. The van der Waals surface area contributed by atoms with Crippen LogP contribution in [0.4, 0.5) is 0 Å². The third-order valence-corrected chi connectivity index (χ3v) is 1.56. The van der Waals surface area contributed by atoms with Crippen molar-refractivity contribution in [2.75, 3.05) is 0 Å². The predicted molar refractivity (Wildman–Crippen MR) is 49.8 cm³/mol. The van der Waals surface area contributed by atoms with Gasteiger partial charge in [-0.2, -0.15) is 0 Å². The lowest BCUT2D eigenvalue weighted by Gasteiger charge is -1.96. The van der Waals surface area contributed by atoms with E-state index >= 15 is 0 Å². The van der Waals surface area contributed by atoms with Gasteiger partial charge in [-0.05, 0) is 31.6 Å². The van der Waals surface area contributed by atoms with Crippen molar-refractivity contribution < 1.29 is 0 Å². The van der Waals surface area contributed by atoms with Crippen molar-refractivity contribution in [3.05, 3.63) is 35.0 Å². The minimum Gasteiger partial charge on any atom is -0.329 e. The Kier molecular flexibility index (Phi) is 4.66. The number of hydrazine groups is 1. The zero-order chi connectivity index (χ0) is 8.85. The molecule has 3 heteroatoms. The van der Waals surface area contributed by atoms with Gasteiger partial charge in [0.2, 0.25) is 0 Å². The van der Waals surface area contributed by atoms with E-state index < -0.39 is 0 Å². The van der Waals surface area contributed by atoms with Crippen molar-refractivity contribution in [3.63, 3.8) is 0 Å². The molecular formula is C8H13ClN2. The molecular weight excluding hydrogens is 160 g/mol. The molecule has 0 amide bonds. The van der Waals surface area contributed by atoms with Gasteiger partial charge in [-0.1, -0.05) is 18.2 Å². The van der Waals surface area contributed by atoms with Crippen molar-refractivity contribution in [1.29, 1.82) is 0 Å². The van der Waals surface area contributed by atoms with Gasteiger partial charge < -0.3 is 5.43 Å². The summed E-state index contributed by atoms with van der Waals surface area (Å²) in [5, 5.41) is 0.639. The molecule has 0 aliphatic rings. The van der Waals surface area contributed by atoms with Crippen molar-refractivity contribution >= 4 is 11.6 Å². The molecule has 0 aromatic carbocycles. The standard InChI is InChI=1S/C8H13ClN2/c1-6(2)8(9)5-4-7(3)11-10/h4-5,11H,1,10H2,2-3H3/b7-4+,8-5+. The first-order valence-electron chi connectivity index (χ1n) is 3.24. The molecule has 0 saturated carbocycles. The van der Waals surface area contributed by atoms with Gasteiger partial charge in [0.1, 0.15) is 0 Å². The maximum absolute atomic E-state index is 5.77. The first kappa shape index (κ1) is 10.3. The lowest BCUT2D eigenvalue weighted by Crippen LogP contribution is -2.18. The van der Waals surface area contributed by atoms with Crippen molar-refractivity contribution in [2.24, 2.45) is 5.84 Å². The Bertz CT molecular complexity index is 204. The number of hydrogen-bond acceptors (Lipinski definition) is 2. The van der Waals surface area contributed by atoms with Crippen LogP contribution in [0.1, 0.15) is 13.8 Å². The molecule has 0 fully saturated rings. The van der Waals surface area contributed by atoms with Crippen LogP contribution in [0.2, 0.25) is 0 Å². The fourth-order valence-corrected chi connectivity index (χ4v) is 0.452. The van der Waals surface area contributed by atoms with Gasteiger partial charge >= 0.3 is 0 Å². The second-order valence-corrected chi connectivity index (χ2v) is 2.70. The topological polar surface area (TPSA) is 38.0 Å². The molecule has 0 unspecified atom stereocenters. The summed E-state index contributed by atoms with van der Waals surface area (Å²) in [4.78, 5) is 0. The Morgan fingerprint density at radius 1 is 1.45 bits per heavy atom. The van der Waals surface area contributed by atoms with Crippen molar-refractivity contribution in [3.8, 4) is 0 Å². The molecule has 0 bridgehead atoms. The molecule has 0 rings (SSSR count). The third-order valence-electron chi connectivity index (χ3n) is 1.12. The molecule has 0 aliphatic carbocycles. The molecule has 0 saturated heterocycles. The lowest BCUT2D eigenvalue weighted by atomic mass is 10.3. The van der Waals surface area contributed by atoms with E-state index in [1.165, 1.54) is 0 Å². The highest BCUT2D eigenvalue weighted by Crippen LogP contribution is 2.11. The third kappa shape index (κ3) is 4.65. The summed E-state index contributed by atoms with van der Waals surface area (Å²) in [6, 6.07) is 0. The lowest BCUT2D eigenvalue weighted by molar-refractivity contribution is 0.886. The molecule has 0 atom stereocenters. The van der Waals surface area contributed by atoms with Crippen LogP contribution in [0.15, 0.2) is 35.0 Å². The van der Waals surface area contributed by atoms with E-state index in [-0.39, 0.29) is 0 Å². The van der Waals surface area contributed by atoms with Gasteiger partial charge in [0.15, 0.2) is 0 Å². The summed E-state index contributed by atoms with van der Waals surface area (Å²) < 4.78 is 0. The summed E-state index contributed by atoms with van der Waals surface area (Å²) >= 11 is 5.77. The number of nitrogens with two attached hydrogens (primary N) is 1. The summed E-state index contributed by atoms with van der Waals surface area (Å²) in [5.41, 5.74) is 4.18. The maximum Gasteiger partial charge on any atom is 0.0429 e. The number of allylic oxidation sites excluding steroid dienone is 5. The molecule has 3 N–H and O–H groups in total. The normalized spacial score (nSPS) is 13.1. The fraction of sp³-hybridized carbons (Fsp3) is 0.250. The number of nitrogens with one attached hydrogen (secondary N) is 1. The summed E-state index contributed by atoms with van der Waals surface area (Å²) in [6.07, 6.45) is 3.54. The van der Waals surface area contributed by atoms with Crippen LogP contribution in [-0.2, 0) is 0 Å². The molecule has 0 aliphatic heterocycles. The van der Waals surface area contributed by atoms with E-state index in [4.69, 9.17) is 17.4 Å². The van der Waals surface area contributed by atoms with E-state index in [9.17, 15) is 0 Å². The van der Waals surface area contributed by atoms with Gasteiger partial charge in [0.05, 0.1) is 0 Å². The van der Waals surface area contributed by atoms with Gasteiger partial charge in [-0.3, -0.25) is 5.84 Å². The second-order valence-electron chi connectivity index (χ2n) is 2.29. The van der Waals surface area contributed by atoms with Gasteiger partial charge in [0.25, 0.3) is 0 Å². The van der Waals surface area contributed by atoms with Crippen LogP contribution in [0.25, 0.3) is 0 Å². The molecule has 0 aromatic heterocycles. The maximum atomic E-state index is 5.77. The van der Waals surface area contributed by atoms with Crippen LogP contribution in [-0.4, -0.2) is 0 Å². The Hall–Kier alpha value is -0.730. The quantitative estimate of drug-likeness (QED) is 0.389. The second kappa shape index (κ2) is 4.99. The average Bonchev–Trinajstić information content (AvgIpc) is 1.99. The first-order valence-corrected chi connectivity index (χ1v) is 3.62. The molecule has 2 nitrogen and oxygen atoms in total. The Balaban J connectivity index is 4.22. The number of hydrogen-bond donors (Lipinski definition) is 2. The minimum absolute atomic E-state index is 0.639. The van der Waals surface area contributed by atoms with Gasteiger partial charge in [-0.15, -0.1) is 0 Å². The Morgan fingerprint density at radius 3 is 2.36 bits per heavy atom. The molecule has 0 radical (unpaired) electrons. The number of rotatable bonds is 3.